The van der Waals surface area contributed by atoms with Gasteiger partial charge in [0.05, 0.1) is 0 Å². The molecule has 2 amide bonds. The molecule has 0 aliphatic heterocycles. The third kappa shape index (κ3) is 6.01. The van der Waals surface area contributed by atoms with E-state index in [0.717, 1.165) is 18.5 Å². The van der Waals surface area contributed by atoms with Crippen LogP contribution < -0.4 is 5.32 Å². The number of thioether (sulfide) groups is 1. The zero-order chi connectivity index (χ0) is 14.1. The topological polar surface area (TPSA) is 32.3 Å². The highest BCUT2D eigenvalue weighted by molar-refractivity contribution is 7.98. The second-order valence-electron chi connectivity index (χ2n) is 4.64. The van der Waals surface area contributed by atoms with E-state index in [0.29, 0.717) is 6.54 Å². The van der Waals surface area contributed by atoms with Crippen molar-refractivity contribution in [1.29, 1.82) is 0 Å². The Bertz CT molecular complexity index is 378. The molecule has 1 rings (SSSR count). The Hall–Kier alpha value is -1.16. The first kappa shape index (κ1) is 15.9. The summed E-state index contributed by atoms with van der Waals surface area (Å²) in [7, 11) is 1.83. The van der Waals surface area contributed by atoms with Crippen molar-refractivity contribution >= 4 is 17.8 Å². The van der Waals surface area contributed by atoms with Crippen LogP contribution in [0.15, 0.2) is 29.2 Å². The maximum Gasteiger partial charge on any atom is 0.317 e. The molecular weight excluding hydrogens is 256 g/mol. The maximum atomic E-state index is 11.8. The molecule has 0 aromatic heterocycles. The molecule has 0 radical (unpaired) electrons. The van der Waals surface area contributed by atoms with Crippen molar-refractivity contribution in [1.82, 2.24) is 10.2 Å². The number of hydrogen-bond donors (Lipinski definition) is 1. The molecule has 3 nitrogen and oxygen atoms in total. The monoisotopic (exact) mass is 280 g/mol. The first-order chi connectivity index (χ1) is 9.17. The van der Waals surface area contributed by atoms with Crippen LogP contribution in [-0.4, -0.2) is 30.8 Å². The Morgan fingerprint density at radius 3 is 2.53 bits per heavy atom. The SMILES string of the molecule is CCCCCNC(=O)N(C)Cc1ccc(SC)cc1. The number of unbranched alkanes of at least 4 members (excludes halogenated alkanes) is 2. The molecule has 1 N–H and O–H groups in total. The minimum Gasteiger partial charge on any atom is -0.338 e. The highest BCUT2D eigenvalue weighted by Gasteiger charge is 2.07. The Kier molecular flexibility index (Phi) is 7.41. The van der Waals surface area contributed by atoms with Crippen molar-refractivity contribution in [2.45, 2.75) is 37.6 Å². The number of carbonyl (C=O) groups excluding carboxylic acids is 1. The lowest BCUT2D eigenvalue weighted by atomic mass is 10.2. The van der Waals surface area contributed by atoms with Gasteiger partial charge in [-0.1, -0.05) is 31.9 Å². The number of nitrogens with one attached hydrogen (secondary N) is 1. The van der Waals surface area contributed by atoms with E-state index in [1.807, 2.05) is 7.05 Å². The largest absolute Gasteiger partial charge is 0.338 e. The van der Waals surface area contributed by atoms with Gasteiger partial charge in [-0.3, -0.25) is 0 Å². The smallest absolute Gasteiger partial charge is 0.317 e. The van der Waals surface area contributed by atoms with Gasteiger partial charge in [0.25, 0.3) is 0 Å². The quantitative estimate of drug-likeness (QED) is 0.609. The highest BCUT2D eigenvalue weighted by atomic mass is 32.2. The summed E-state index contributed by atoms with van der Waals surface area (Å²) in [4.78, 5) is 14.8. The standard InChI is InChI=1S/C15H24N2OS/c1-4-5-6-11-16-15(18)17(2)12-13-7-9-14(19-3)10-8-13/h7-10H,4-6,11-12H2,1-3H3,(H,16,18). The maximum absolute atomic E-state index is 11.8. The Morgan fingerprint density at radius 2 is 1.95 bits per heavy atom. The van der Waals surface area contributed by atoms with Crippen LogP contribution in [0.5, 0.6) is 0 Å². The van der Waals surface area contributed by atoms with Gasteiger partial charge in [0.1, 0.15) is 0 Å². The number of amides is 2. The van der Waals surface area contributed by atoms with Gasteiger partial charge in [-0.25, -0.2) is 4.79 Å². The molecule has 19 heavy (non-hydrogen) atoms. The van der Waals surface area contributed by atoms with E-state index in [-0.39, 0.29) is 6.03 Å². The summed E-state index contributed by atoms with van der Waals surface area (Å²) in [6, 6.07) is 8.34. The van der Waals surface area contributed by atoms with Gasteiger partial charge in [-0.2, -0.15) is 0 Å². The number of nitrogens with zero attached hydrogens (tertiary/aromatic N) is 1. The van der Waals surface area contributed by atoms with Gasteiger partial charge in [0, 0.05) is 25.0 Å². The fourth-order valence-electron chi connectivity index (χ4n) is 1.78. The molecule has 0 saturated heterocycles. The van der Waals surface area contributed by atoms with E-state index in [2.05, 4.69) is 42.8 Å². The van der Waals surface area contributed by atoms with Crippen molar-refractivity contribution < 1.29 is 4.79 Å². The fraction of sp³-hybridized carbons (Fsp3) is 0.533. The molecule has 0 bridgehead atoms. The molecule has 0 saturated carbocycles. The number of urea groups is 1. The molecule has 4 heteroatoms. The van der Waals surface area contributed by atoms with Crippen LogP contribution in [0.1, 0.15) is 31.7 Å². The molecule has 1 aromatic carbocycles. The van der Waals surface area contributed by atoms with Crippen LogP contribution in [0.2, 0.25) is 0 Å². The average Bonchev–Trinajstić information content (AvgIpc) is 2.44. The van der Waals surface area contributed by atoms with E-state index < -0.39 is 0 Å². The Labute approximate surface area is 120 Å². The molecule has 0 aliphatic rings. The predicted octanol–water partition coefficient (Wildman–Crippen LogP) is 3.74. The third-order valence-electron chi connectivity index (χ3n) is 2.98. The first-order valence-corrected chi connectivity index (χ1v) is 8.01. The lowest BCUT2D eigenvalue weighted by molar-refractivity contribution is 0.206. The van der Waals surface area contributed by atoms with E-state index >= 15 is 0 Å². The molecule has 0 unspecified atom stereocenters. The summed E-state index contributed by atoms with van der Waals surface area (Å²) in [5.41, 5.74) is 1.16. The van der Waals surface area contributed by atoms with Crippen molar-refractivity contribution in [2.75, 3.05) is 19.8 Å². The van der Waals surface area contributed by atoms with Gasteiger partial charge in [-0.05, 0) is 30.4 Å². The van der Waals surface area contributed by atoms with E-state index in [4.69, 9.17) is 0 Å². The van der Waals surface area contributed by atoms with E-state index in [1.54, 1.807) is 16.7 Å². The second-order valence-corrected chi connectivity index (χ2v) is 5.52. The van der Waals surface area contributed by atoms with Crippen LogP contribution in [0, 0.1) is 0 Å². The Balaban J connectivity index is 2.35. The van der Waals surface area contributed by atoms with Gasteiger partial charge in [-0.15, -0.1) is 11.8 Å². The molecule has 106 valence electrons. The summed E-state index contributed by atoms with van der Waals surface area (Å²) < 4.78 is 0. The lowest BCUT2D eigenvalue weighted by Gasteiger charge is -2.18. The molecule has 0 heterocycles. The van der Waals surface area contributed by atoms with Crippen molar-refractivity contribution in [2.24, 2.45) is 0 Å². The highest BCUT2D eigenvalue weighted by Crippen LogP contribution is 2.15. The molecule has 1 aromatic rings. The minimum absolute atomic E-state index is 0.00467. The normalized spacial score (nSPS) is 10.3. The zero-order valence-corrected chi connectivity index (χ0v) is 12.9. The van der Waals surface area contributed by atoms with Crippen LogP contribution in [-0.2, 0) is 6.54 Å². The summed E-state index contributed by atoms with van der Waals surface area (Å²) in [6.45, 7) is 3.57. The summed E-state index contributed by atoms with van der Waals surface area (Å²) in [5, 5.41) is 2.94. The van der Waals surface area contributed by atoms with Crippen molar-refractivity contribution in [3.8, 4) is 0 Å². The van der Waals surface area contributed by atoms with Crippen LogP contribution in [0.4, 0.5) is 4.79 Å². The van der Waals surface area contributed by atoms with Gasteiger partial charge in [0.2, 0.25) is 0 Å². The summed E-state index contributed by atoms with van der Waals surface area (Å²) >= 11 is 1.73. The number of carbonyl (C=O) groups is 1. The van der Waals surface area contributed by atoms with Crippen molar-refractivity contribution in [3.05, 3.63) is 29.8 Å². The van der Waals surface area contributed by atoms with Crippen molar-refractivity contribution in [3.63, 3.8) is 0 Å². The first-order valence-electron chi connectivity index (χ1n) is 6.79. The zero-order valence-electron chi connectivity index (χ0n) is 12.1. The van der Waals surface area contributed by atoms with Crippen LogP contribution in [0.3, 0.4) is 0 Å². The molecule has 0 spiro atoms. The molecule has 0 atom stereocenters. The van der Waals surface area contributed by atoms with Gasteiger partial charge in [0.15, 0.2) is 0 Å². The average molecular weight is 280 g/mol. The van der Waals surface area contributed by atoms with Crippen LogP contribution >= 0.6 is 11.8 Å². The number of rotatable bonds is 7. The molecular formula is C15H24N2OS. The minimum atomic E-state index is 0.00467. The summed E-state index contributed by atoms with van der Waals surface area (Å²) in [5.74, 6) is 0. The lowest BCUT2D eigenvalue weighted by Crippen LogP contribution is -2.37. The molecule has 0 fully saturated rings. The van der Waals surface area contributed by atoms with Gasteiger partial charge >= 0.3 is 6.03 Å². The Morgan fingerprint density at radius 1 is 1.26 bits per heavy atom. The predicted molar refractivity (Wildman–Crippen MR) is 82.6 cm³/mol. The number of benzene rings is 1. The third-order valence-corrected chi connectivity index (χ3v) is 3.73. The molecule has 0 aliphatic carbocycles. The van der Waals surface area contributed by atoms with E-state index in [1.165, 1.54) is 17.7 Å². The number of hydrogen-bond acceptors (Lipinski definition) is 2. The fourth-order valence-corrected chi connectivity index (χ4v) is 2.19. The second kappa shape index (κ2) is 8.86. The van der Waals surface area contributed by atoms with Gasteiger partial charge < -0.3 is 10.2 Å². The summed E-state index contributed by atoms with van der Waals surface area (Å²) in [6.07, 6.45) is 5.46. The van der Waals surface area contributed by atoms with Crippen LogP contribution in [0.25, 0.3) is 0 Å². The van der Waals surface area contributed by atoms with E-state index in [9.17, 15) is 4.79 Å².